The van der Waals surface area contributed by atoms with Gasteiger partial charge in [-0.15, -0.1) is 0 Å². The van der Waals surface area contributed by atoms with Gasteiger partial charge >= 0.3 is 12.1 Å². The number of aryl methyl sites for hydroxylation is 1. The molecule has 26 heavy (non-hydrogen) atoms. The van der Waals surface area contributed by atoms with Gasteiger partial charge in [0.25, 0.3) is 0 Å². The van der Waals surface area contributed by atoms with Crippen molar-refractivity contribution in [2.24, 2.45) is 0 Å². The molecule has 2 N–H and O–H groups in total. The van der Waals surface area contributed by atoms with Crippen LogP contribution < -0.4 is 5.32 Å². The van der Waals surface area contributed by atoms with Gasteiger partial charge in [-0.25, -0.2) is 4.79 Å². The average molecular weight is 390 g/mol. The molecular weight excluding hydrogens is 375 g/mol. The molecule has 0 bridgehead atoms. The van der Waals surface area contributed by atoms with Crippen LogP contribution in [0.2, 0.25) is 5.02 Å². The van der Waals surface area contributed by atoms with E-state index in [4.69, 9.17) is 16.7 Å². The molecule has 6 nitrogen and oxygen atoms in total. The zero-order valence-electron chi connectivity index (χ0n) is 13.8. The number of carboxylic acids is 1. The van der Waals surface area contributed by atoms with Gasteiger partial charge in [0.1, 0.15) is 6.54 Å². The van der Waals surface area contributed by atoms with E-state index in [1.165, 1.54) is 32.0 Å². The number of alkyl halides is 3. The normalized spacial score (nSPS) is 11.5. The molecule has 0 atom stereocenters. The second kappa shape index (κ2) is 7.36. The van der Waals surface area contributed by atoms with E-state index in [-0.39, 0.29) is 28.4 Å². The molecule has 1 aromatic heterocycles. The van der Waals surface area contributed by atoms with Crippen LogP contribution in [0.5, 0.6) is 0 Å². The summed E-state index contributed by atoms with van der Waals surface area (Å²) in [7, 11) is 0. The summed E-state index contributed by atoms with van der Waals surface area (Å²) >= 11 is 5.83. The Labute approximate surface area is 151 Å². The summed E-state index contributed by atoms with van der Waals surface area (Å²) in [4.78, 5) is 23.1. The summed E-state index contributed by atoms with van der Waals surface area (Å²) in [5.41, 5.74) is 1.17. The summed E-state index contributed by atoms with van der Waals surface area (Å²) in [6, 6.07) is 3.91. The lowest BCUT2D eigenvalue weighted by Crippen LogP contribution is -2.20. The van der Waals surface area contributed by atoms with E-state index in [9.17, 15) is 22.8 Å². The molecule has 0 aliphatic heterocycles. The van der Waals surface area contributed by atoms with Gasteiger partial charge in [-0.3, -0.25) is 9.48 Å². The van der Waals surface area contributed by atoms with Crippen LogP contribution in [0.15, 0.2) is 18.2 Å². The molecule has 140 valence electrons. The minimum atomic E-state index is -4.41. The summed E-state index contributed by atoms with van der Waals surface area (Å²) in [6.07, 6.45) is -4.58. The third-order valence-electron chi connectivity index (χ3n) is 3.68. The summed E-state index contributed by atoms with van der Waals surface area (Å²) in [5.74, 6) is -1.68. The van der Waals surface area contributed by atoms with Gasteiger partial charge in [0.2, 0.25) is 5.91 Å². The van der Waals surface area contributed by atoms with E-state index in [1.807, 2.05) is 0 Å². The molecule has 2 aromatic rings. The number of carbonyl (C=O) groups excluding carboxylic acids is 1. The number of aromatic carboxylic acids is 1. The number of carboxylic acid groups (broad SMARTS) is 1. The second-order valence-corrected chi connectivity index (χ2v) is 6.05. The topological polar surface area (TPSA) is 84.2 Å². The van der Waals surface area contributed by atoms with Crippen molar-refractivity contribution < 1.29 is 27.9 Å². The van der Waals surface area contributed by atoms with Crippen LogP contribution in [0.3, 0.4) is 0 Å². The zero-order chi connectivity index (χ0) is 19.6. The van der Waals surface area contributed by atoms with Crippen LogP contribution in [-0.2, 0) is 17.8 Å². The van der Waals surface area contributed by atoms with Gasteiger partial charge in [0.15, 0.2) is 0 Å². The van der Waals surface area contributed by atoms with Crippen molar-refractivity contribution in [1.82, 2.24) is 9.78 Å². The van der Waals surface area contributed by atoms with Crippen molar-refractivity contribution in [3.8, 4) is 0 Å². The Bertz CT molecular complexity index is 862. The first kappa shape index (κ1) is 19.8. The number of aromatic nitrogens is 2. The molecule has 0 aliphatic carbocycles. The fourth-order valence-electron chi connectivity index (χ4n) is 2.45. The highest BCUT2D eigenvalue weighted by Crippen LogP contribution is 2.23. The smallest absolute Gasteiger partial charge is 0.408 e. The highest BCUT2D eigenvalue weighted by atomic mass is 35.5. The molecule has 0 fully saturated rings. The molecule has 0 saturated heterocycles. The van der Waals surface area contributed by atoms with Crippen LogP contribution in [0.1, 0.15) is 27.3 Å². The Kier molecular flexibility index (Phi) is 5.60. The van der Waals surface area contributed by atoms with Crippen molar-refractivity contribution in [2.75, 3.05) is 5.32 Å². The molecule has 0 unspecified atom stereocenters. The van der Waals surface area contributed by atoms with E-state index in [0.717, 1.165) is 4.68 Å². The largest absolute Gasteiger partial charge is 0.478 e. The average Bonchev–Trinajstić information content (AvgIpc) is 2.72. The maximum Gasteiger partial charge on any atom is 0.408 e. The Morgan fingerprint density at radius 3 is 2.50 bits per heavy atom. The molecule has 1 heterocycles. The first-order valence-electron chi connectivity index (χ1n) is 7.40. The number of hydrogen-bond donors (Lipinski definition) is 2. The molecule has 1 aromatic carbocycles. The second-order valence-electron chi connectivity index (χ2n) is 5.65. The number of anilines is 1. The first-order chi connectivity index (χ1) is 12.0. The highest BCUT2D eigenvalue weighted by Gasteiger charge is 2.30. The summed E-state index contributed by atoms with van der Waals surface area (Å²) in [6.45, 7) is 1.77. The van der Waals surface area contributed by atoms with Gasteiger partial charge in [-0.1, -0.05) is 11.6 Å². The molecule has 0 radical (unpaired) electrons. The predicted molar refractivity (Wildman–Crippen MR) is 88.5 cm³/mol. The molecule has 1 amide bonds. The summed E-state index contributed by atoms with van der Waals surface area (Å²) < 4.78 is 38.5. The third-order valence-corrected chi connectivity index (χ3v) is 3.99. The van der Waals surface area contributed by atoms with Crippen molar-refractivity contribution in [2.45, 2.75) is 33.0 Å². The molecule has 0 saturated carbocycles. The van der Waals surface area contributed by atoms with Gasteiger partial charge in [0.05, 0.1) is 22.7 Å². The molecule has 0 aliphatic rings. The minimum absolute atomic E-state index is 0.0411. The zero-order valence-corrected chi connectivity index (χ0v) is 14.6. The number of hydrogen-bond acceptors (Lipinski definition) is 3. The van der Waals surface area contributed by atoms with Gasteiger partial charge in [-0.2, -0.15) is 18.3 Å². The predicted octanol–water partition coefficient (Wildman–Crippen LogP) is 3.60. The fourth-order valence-corrected chi connectivity index (χ4v) is 2.71. The van der Waals surface area contributed by atoms with E-state index in [0.29, 0.717) is 11.3 Å². The van der Waals surface area contributed by atoms with Gasteiger partial charge < -0.3 is 10.4 Å². The van der Waals surface area contributed by atoms with Crippen molar-refractivity contribution in [3.05, 3.63) is 45.7 Å². The molecule has 2 rings (SSSR count). The van der Waals surface area contributed by atoms with Crippen molar-refractivity contribution >= 4 is 29.2 Å². The Morgan fingerprint density at radius 2 is 1.96 bits per heavy atom. The Hall–Kier alpha value is -2.55. The summed E-state index contributed by atoms with van der Waals surface area (Å²) in [5, 5.41) is 15.2. The minimum Gasteiger partial charge on any atom is -0.478 e. The Balaban J connectivity index is 2.13. The monoisotopic (exact) mass is 389 g/mol. The van der Waals surface area contributed by atoms with Gasteiger partial charge in [0, 0.05) is 16.9 Å². The quantitative estimate of drug-likeness (QED) is 0.818. The lowest BCUT2D eigenvalue weighted by atomic mass is 10.1. The SMILES string of the molecule is Cc1nn(CC(F)(F)F)c(C)c1CC(=O)Nc1ccc(C(=O)O)c(Cl)c1. The van der Waals surface area contributed by atoms with E-state index < -0.39 is 24.6 Å². The third kappa shape index (κ3) is 4.75. The van der Waals surface area contributed by atoms with Crippen molar-refractivity contribution in [3.63, 3.8) is 0 Å². The van der Waals surface area contributed by atoms with E-state index >= 15 is 0 Å². The number of amides is 1. The lowest BCUT2D eigenvalue weighted by Gasteiger charge is -2.09. The van der Waals surface area contributed by atoms with E-state index in [2.05, 4.69) is 10.4 Å². The number of nitrogens with one attached hydrogen (secondary N) is 1. The Morgan fingerprint density at radius 1 is 1.31 bits per heavy atom. The van der Waals surface area contributed by atoms with Gasteiger partial charge in [-0.05, 0) is 32.0 Å². The first-order valence-corrected chi connectivity index (χ1v) is 7.78. The standard InChI is InChI=1S/C16H15ClF3N3O3/c1-8-12(9(2)23(22-8)7-16(18,19)20)6-14(24)21-10-3-4-11(15(25)26)13(17)5-10/h3-5H,6-7H2,1-2H3,(H,21,24)(H,25,26). The number of benzene rings is 1. The highest BCUT2D eigenvalue weighted by molar-refractivity contribution is 6.33. The van der Waals surface area contributed by atoms with Crippen molar-refractivity contribution in [1.29, 1.82) is 0 Å². The van der Waals surface area contributed by atoms with Crippen LogP contribution in [0.4, 0.5) is 18.9 Å². The lowest BCUT2D eigenvalue weighted by molar-refractivity contribution is -0.143. The maximum absolute atomic E-state index is 12.5. The molecular formula is C16H15ClF3N3O3. The number of rotatable bonds is 5. The molecule has 10 heteroatoms. The number of halogens is 4. The van der Waals surface area contributed by atoms with Crippen LogP contribution in [0, 0.1) is 13.8 Å². The number of nitrogens with zero attached hydrogens (tertiary/aromatic N) is 2. The van der Waals surface area contributed by atoms with E-state index in [1.54, 1.807) is 0 Å². The molecule has 0 spiro atoms. The van der Waals surface area contributed by atoms with Crippen LogP contribution in [0.25, 0.3) is 0 Å². The fraction of sp³-hybridized carbons (Fsp3) is 0.312. The maximum atomic E-state index is 12.5. The number of carbonyl (C=O) groups is 2. The van der Waals surface area contributed by atoms with Crippen LogP contribution >= 0.6 is 11.6 Å². The van der Waals surface area contributed by atoms with Crippen LogP contribution in [-0.4, -0.2) is 32.9 Å².